The highest BCUT2D eigenvalue weighted by atomic mass is 16.5. The van der Waals surface area contributed by atoms with Gasteiger partial charge < -0.3 is 24.4 Å². The summed E-state index contributed by atoms with van der Waals surface area (Å²) in [6.07, 6.45) is 0. The fourth-order valence-electron chi connectivity index (χ4n) is 2.75. The lowest BCUT2D eigenvalue weighted by Crippen LogP contribution is -2.36. The summed E-state index contributed by atoms with van der Waals surface area (Å²) in [5, 5.41) is 2.87. The Morgan fingerprint density at radius 1 is 1.04 bits per heavy atom. The Morgan fingerprint density at radius 2 is 1.76 bits per heavy atom. The number of hydrogen-bond donors (Lipinski definition) is 1. The second-order valence-electron chi connectivity index (χ2n) is 5.67. The average Bonchev–Trinajstić information content (AvgIpc) is 2.68. The molecule has 2 aromatic carbocycles. The van der Waals surface area contributed by atoms with E-state index in [1.165, 1.54) is 0 Å². The highest BCUT2D eigenvalue weighted by Gasteiger charge is 2.14. The molecule has 132 valence electrons. The van der Waals surface area contributed by atoms with Gasteiger partial charge in [0.25, 0.3) is 5.91 Å². The molecule has 1 N–H and O–H groups in total. The van der Waals surface area contributed by atoms with E-state index >= 15 is 0 Å². The van der Waals surface area contributed by atoms with Crippen molar-refractivity contribution in [2.24, 2.45) is 0 Å². The van der Waals surface area contributed by atoms with E-state index in [-0.39, 0.29) is 5.91 Å². The number of carbonyl (C=O) groups is 1. The standard InChI is InChI=1S/C19H22N2O4/c1-23-16-7-8-18(24-2)17(13-16)20-19(22)14-3-5-15(6-4-14)21-9-11-25-12-10-21/h3-8,13H,9-12H2,1-2H3,(H,20,22). The van der Waals surface area contributed by atoms with Crippen molar-refractivity contribution in [3.8, 4) is 11.5 Å². The molecule has 0 bridgehead atoms. The number of morpholine rings is 1. The number of carbonyl (C=O) groups excluding carboxylic acids is 1. The Labute approximate surface area is 147 Å². The molecule has 1 saturated heterocycles. The first-order valence-electron chi connectivity index (χ1n) is 8.17. The number of hydrogen-bond acceptors (Lipinski definition) is 5. The Bertz CT molecular complexity index is 725. The van der Waals surface area contributed by atoms with E-state index in [1.807, 2.05) is 24.3 Å². The third-order valence-electron chi connectivity index (χ3n) is 4.16. The number of nitrogens with zero attached hydrogens (tertiary/aromatic N) is 1. The van der Waals surface area contributed by atoms with Crippen molar-refractivity contribution >= 4 is 17.3 Å². The van der Waals surface area contributed by atoms with Gasteiger partial charge in [0.05, 0.1) is 33.1 Å². The predicted molar refractivity (Wildman–Crippen MR) is 97.0 cm³/mol. The van der Waals surface area contributed by atoms with E-state index in [2.05, 4.69) is 10.2 Å². The van der Waals surface area contributed by atoms with Crippen molar-refractivity contribution in [3.63, 3.8) is 0 Å². The minimum absolute atomic E-state index is 0.194. The summed E-state index contributed by atoms with van der Waals surface area (Å²) in [6.45, 7) is 3.20. The summed E-state index contributed by atoms with van der Waals surface area (Å²) in [6, 6.07) is 12.9. The molecule has 25 heavy (non-hydrogen) atoms. The van der Waals surface area contributed by atoms with Crippen LogP contribution in [0.2, 0.25) is 0 Å². The number of nitrogens with one attached hydrogen (secondary N) is 1. The molecule has 1 heterocycles. The summed E-state index contributed by atoms with van der Waals surface area (Å²) in [7, 11) is 3.15. The fraction of sp³-hybridized carbons (Fsp3) is 0.316. The first kappa shape index (κ1) is 17.1. The van der Waals surface area contributed by atoms with Gasteiger partial charge in [-0.05, 0) is 36.4 Å². The van der Waals surface area contributed by atoms with Crippen molar-refractivity contribution in [2.45, 2.75) is 0 Å². The molecule has 0 aromatic heterocycles. The van der Waals surface area contributed by atoms with Crippen molar-refractivity contribution in [1.29, 1.82) is 0 Å². The maximum atomic E-state index is 12.5. The van der Waals surface area contributed by atoms with Crippen LogP contribution in [0, 0.1) is 0 Å². The van der Waals surface area contributed by atoms with E-state index in [9.17, 15) is 4.79 Å². The van der Waals surface area contributed by atoms with Crippen molar-refractivity contribution < 1.29 is 19.0 Å². The van der Waals surface area contributed by atoms with Gasteiger partial charge in [-0.3, -0.25) is 4.79 Å². The van der Waals surface area contributed by atoms with E-state index in [0.717, 1.165) is 32.0 Å². The van der Waals surface area contributed by atoms with Crippen LogP contribution in [0.15, 0.2) is 42.5 Å². The van der Waals surface area contributed by atoms with Crippen LogP contribution in [-0.4, -0.2) is 46.4 Å². The lowest BCUT2D eigenvalue weighted by Gasteiger charge is -2.28. The first-order valence-corrected chi connectivity index (χ1v) is 8.17. The summed E-state index contributed by atoms with van der Waals surface area (Å²) >= 11 is 0. The molecule has 1 fully saturated rings. The molecule has 6 nitrogen and oxygen atoms in total. The monoisotopic (exact) mass is 342 g/mol. The van der Waals surface area contributed by atoms with Crippen LogP contribution in [0.5, 0.6) is 11.5 Å². The predicted octanol–water partition coefficient (Wildman–Crippen LogP) is 2.79. The minimum Gasteiger partial charge on any atom is -0.497 e. The molecule has 0 atom stereocenters. The van der Waals surface area contributed by atoms with Crippen LogP contribution < -0.4 is 19.7 Å². The Hall–Kier alpha value is -2.73. The third-order valence-corrected chi connectivity index (χ3v) is 4.16. The number of rotatable bonds is 5. The maximum Gasteiger partial charge on any atom is 0.255 e. The van der Waals surface area contributed by atoms with E-state index in [4.69, 9.17) is 14.2 Å². The molecule has 6 heteroatoms. The van der Waals surface area contributed by atoms with Gasteiger partial charge in [-0.25, -0.2) is 0 Å². The second kappa shape index (κ2) is 7.90. The zero-order valence-electron chi connectivity index (χ0n) is 14.5. The van der Waals surface area contributed by atoms with Gasteiger partial charge in [-0.2, -0.15) is 0 Å². The molecule has 0 unspecified atom stereocenters. The second-order valence-corrected chi connectivity index (χ2v) is 5.67. The molecule has 2 aromatic rings. The van der Waals surface area contributed by atoms with Crippen molar-refractivity contribution in [3.05, 3.63) is 48.0 Å². The summed E-state index contributed by atoms with van der Waals surface area (Å²) in [5.41, 5.74) is 2.25. The minimum atomic E-state index is -0.194. The number of ether oxygens (including phenoxy) is 3. The summed E-state index contributed by atoms with van der Waals surface area (Å²) in [5.74, 6) is 1.04. The molecule has 3 rings (SSSR count). The van der Waals surface area contributed by atoms with Gasteiger partial charge in [-0.1, -0.05) is 0 Å². The van der Waals surface area contributed by atoms with Crippen LogP contribution in [-0.2, 0) is 4.74 Å². The van der Waals surface area contributed by atoms with Gasteiger partial charge in [0, 0.05) is 30.4 Å². The molecule has 0 radical (unpaired) electrons. The normalized spacial score (nSPS) is 14.1. The number of anilines is 2. The van der Waals surface area contributed by atoms with E-state index < -0.39 is 0 Å². The number of amides is 1. The Balaban J connectivity index is 1.73. The Kier molecular flexibility index (Phi) is 5.40. The van der Waals surface area contributed by atoms with Crippen LogP contribution in [0.25, 0.3) is 0 Å². The fourth-order valence-corrected chi connectivity index (χ4v) is 2.75. The summed E-state index contributed by atoms with van der Waals surface area (Å²) < 4.78 is 15.9. The van der Waals surface area contributed by atoms with Crippen LogP contribution in [0.3, 0.4) is 0 Å². The van der Waals surface area contributed by atoms with Gasteiger partial charge in [0.1, 0.15) is 11.5 Å². The zero-order valence-corrected chi connectivity index (χ0v) is 14.5. The summed E-state index contributed by atoms with van der Waals surface area (Å²) in [4.78, 5) is 14.8. The molecule has 0 aliphatic carbocycles. The molecule has 1 aliphatic heterocycles. The van der Waals surface area contributed by atoms with Gasteiger partial charge in [0.2, 0.25) is 0 Å². The van der Waals surface area contributed by atoms with Crippen molar-refractivity contribution in [1.82, 2.24) is 0 Å². The average molecular weight is 342 g/mol. The zero-order chi connectivity index (χ0) is 17.6. The van der Waals surface area contributed by atoms with Gasteiger partial charge >= 0.3 is 0 Å². The van der Waals surface area contributed by atoms with E-state index in [1.54, 1.807) is 32.4 Å². The smallest absolute Gasteiger partial charge is 0.255 e. The van der Waals surface area contributed by atoms with Crippen molar-refractivity contribution in [2.75, 3.05) is 50.7 Å². The SMILES string of the molecule is COc1ccc(OC)c(NC(=O)c2ccc(N3CCOCC3)cc2)c1. The first-order chi connectivity index (χ1) is 12.2. The number of methoxy groups -OCH3 is 2. The van der Waals surface area contributed by atoms with E-state index in [0.29, 0.717) is 22.7 Å². The third kappa shape index (κ3) is 4.03. The lowest BCUT2D eigenvalue weighted by molar-refractivity contribution is 0.102. The molecule has 1 amide bonds. The molecular weight excluding hydrogens is 320 g/mol. The van der Waals surface area contributed by atoms with Crippen LogP contribution in [0.1, 0.15) is 10.4 Å². The molecule has 1 aliphatic rings. The molecule has 0 spiro atoms. The van der Waals surface area contributed by atoms with Gasteiger partial charge in [0.15, 0.2) is 0 Å². The van der Waals surface area contributed by atoms with Crippen LogP contribution in [0.4, 0.5) is 11.4 Å². The topological polar surface area (TPSA) is 60.0 Å². The van der Waals surface area contributed by atoms with Crippen LogP contribution >= 0.6 is 0 Å². The maximum absolute atomic E-state index is 12.5. The molecule has 0 saturated carbocycles. The highest BCUT2D eigenvalue weighted by molar-refractivity contribution is 6.05. The Morgan fingerprint density at radius 3 is 2.40 bits per heavy atom. The van der Waals surface area contributed by atoms with Gasteiger partial charge in [-0.15, -0.1) is 0 Å². The quantitative estimate of drug-likeness (QED) is 0.905. The highest BCUT2D eigenvalue weighted by Crippen LogP contribution is 2.29. The lowest BCUT2D eigenvalue weighted by atomic mass is 10.1. The molecular formula is C19H22N2O4. The number of benzene rings is 2. The largest absolute Gasteiger partial charge is 0.497 e.